The minimum atomic E-state index is 0.537. The van der Waals surface area contributed by atoms with Gasteiger partial charge in [-0.15, -0.1) is 11.3 Å². The van der Waals surface area contributed by atoms with Gasteiger partial charge in [-0.2, -0.15) is 0 Å². The van der Waals surface area contributed by atoms with Crippen LogP contribution in [0, 0.1) is 13.8 Å². The number of thiazole rings is 1. The summed E-state index contributed by atoms with van der Waals surface area (Å²) < 4.78 is 0. The van der Waals surface area contributed by atoms with Crippen LogP contribution in [0.5, 0.6) is 0 Å². The van der Waals surface area contributed by atoms with Crippen molar-refractivity contribution in [3.63, 3.8) is 0 Å². The fourth-order valence-electron chi connectivity index (χ4n) is 3.00. The van der Waals surface area contributed by atoms with Gasteiger partial charge in [0.05, 0.1) is 33.2 Å². The molecule has 8 heteroatoms. The molecular formula is C18H21N7S. The number of anilines is 3. The average molecular weight is 367 g/mol. The Morgan fingerprint density at radius 3 is 2.62 bits per heavy atom. The number of rotatable bonds is 4. The second-order valence-corrected chi connectivity index (χ2v) is 7.38. The van der Waals surface area contributed by atoms with E-state index >= 15 is 0 Å². The van der Waals surface area contributed by atoms with E-state index in [-0.39, 0.29) is 0 Å². The molecule has 0 aromatic carbocycles. The highest BCUT2D eigenvalue weighted by molar-refractivity contribution is 7.15. The van der Waals surface area contributed by atoms with E-state index in [2.05, 4.69) is 41.5 Å². The third-order valence-corrected chi connectivity index (χ3v) is 5.36. The fourth-order valence-corrected chi connectivity index (χ4v) is 3.89. The van der Waals surface area contributed by atoms with Crippen LogP contribution in [0.3, 0.4) is 0 Å². The minimum Gasteiger partial charge on any atom is -0.368 e. The number of piperazine rings is 1. The molecule has 0 aliphatic carbocycles. The summed E-state index contributed by atoms with van der Waals surface area (Å²) in [7, 11) is 0. The van der Waals surface area contributed by atoms with E-state index in [1.165, 1.54) is 0 Å². The molecule has 0 atom stereocenters. The Morgan fingerprint density at radius 1 is 1.08 bits per heavy atom. The molecule has 1 saturated heterocycles. The van der Waals surface area contributed by atoms with E-state index < -0.39 is 0 Å². The predicted molar refractivity (Wildman–Crippen MR) is 105 cm³/mol. The summed E-state index contributed by atoms with van der Waals surface area (Å²) >= 11 is 1.64. The average Bonchev–Trinajstić information content (AvgIpc) is 3.01. The van der Waals surface area contributed by atoms with Crippen LogP contribution in [0.2, 0.25) is 0 Å². The van der Waals surface area contributed by atoms with Crippen LogP contribution in [-0.2, 0) is 0 Å². The van der Waals surface area contributed by atoms with Crippen molar-refractivity contribution in [2.75, 3.05) is 36.4 Å². The summed E-state index contributed by atoms with van der Waals surface area (Å²) in [5.74, 6) is 1.27. The number of aryl methyl sites for hydroxylation is 2. The minimum absolute atomic E-state index is 0.537. The van der Waals surface area contributed by atoms with Gasteiger partial charge in [-0.3, -0.25) is 0 Å². The molecule has 2 N–H and O–H groups in total. The zero-order chi connectivity index (χ0) is 17.9. The van der Waals surface area contributed by atoms with Crippen LogP contribution in [0.15, 0.2) is 30.6 Å². The maximum Gasteiger partial charge on any atom is 0.228 e. The number of aromatic nitrogens is 4. The van der Waals surface area contributed by atoms with E-state index in [4.69, 9.17) is 0 Å². The Hall–Kier alpha value is -2.58. The maximum atomic E-state index is 4.61. The lowest BCUT2D eigenvalue weighted by Gasteiger charge is -2.29. The molecular weight excluding hydrogens is 346 g/mol. The Bertz CT molecular complexity index is 885. The highest BCUT2D eigenvalue weighted by Gasteiger charge is 2.12. The summed E-state index contributed by atoms with van der Waals surface area (Å²) in [5.41, 5.74) is 3.01. The van der Waals surface area contributed by atoms with Gasteiger partial charge in [0.2, 0.25) is 5.95 Å². The van der Waals surface area contributed by atoms with Gasteiger partial charge in [0, 0.05) is 32.4 Å². The number of nitrogens with zero attached hydrogens (tertiary/aromatic N) is 5. The smallest absolute Gasteiger partial charge is 0.228 e. The zero-order valence-electron chi connectivity index (χ0n) is 14.9. The van der Waals surface area contributed by atoms with Crippen molar-refractivity contribution in [1.29, 1.82) is 0 Å². The molecule has 0 saturated carbocycles. The molecule has 4 rings (SSSR count). The van der Waals surface area contributed by atoms with Crippen LogP contribution in [-0.4, -0.2) is 46.1 Å². The summed E-state index contributed by atoms with van der Waals surface area (Å²) in [6.45, 7) is 8.05. The van der Waals surface area contributed by atoms with E-state index in [1.807, 2.05) is 32.2 Å². The van der Waals surface area contributed by atoms with Crippen molar-refractivity contribution >= 4 is 28.8 Å². The zero-order valence-corrected chi connectivity index (χ0v) is 15.7. The first-order valence-electron chi connectivity index (χ1n) is 8.65. The van der Waals surface area contributed by atoms with Crippen molar-refractivity contribution in [2.45, 2.75) is 13.8 Å². The van der Waals surface area contributed by atoms with Crippen molar-refractivity contribution < 1.29 is 0 Å². The lowest BCUT2D eigenvalue weighted by Crippen LogP contribution is -2.43. The molecule has 3 aromatic heterocycles. The topological polar surface area (TPSA) is 78.9 Å². The lowest BCUT2D eigenvalue weighted by molar-refractivity contribution is 0.589. The molecule has 1 aliphatic rings. The summed E-state index contributed by atoms with van der Waals surface area (Å²) in [4.78, 5) is 21.3. The molecule has 4 heterocycles. The van der Waals surface area contributed by atoms with E-state index in [0.29, 0.717) is 5.95 Å². The molecule has 0 radical (unpaired) electrons. The Balaban J connectivity index is 1.50. The molecule has 1 fully saturated rings. The van der Waals surface area contributed by atoms with Gasteiger partial charge in [0.1, 0.15) is 5.82 Å². The number of hydrogen-bond acceptors (Lipinski definition) is 8. The molecule has 7 nitrogen and oxygen atoms in total. The fraction of sp³-hybridized carbons (Fsp3) is 0.333. The molecule has 134 valence electrons. The number of hydrogen-bond donors (Lipinski definition) is 2. The van der Waals surface area contributed by atoms with Gasteiger partial charge >= 0.3 is 0 Å². The number of pyridine rings is 1. The van der Waals surface area contributed by atoms with Crippen LogP contribution >= 0.6 is 11.3 Å². The standard InChI is InChI=1S/C18H21N7S/c1-12-17(26-13(2)22-12)15-5-6-20-18(23-15)24-16-4-3-14(11-21-16)25-9-7-19-8-10-25/h3-6,11,19H,7-10H2,1-2H3,(H,20,21,23,24). The molecule has 26 heavy (non-hydrogen) atoms. The third kappa shape index (κ3) is 3.66. The monoisotopic (exact) mass is 367 g/mol. The molecule has 0 bridgehead atoms. The van der Waals surface area contributed by atoms with Crippen LogP contribution < -0.4 is 15.5 Å². The van der Waals surface area contributed by atoms with Crippen molar-refractivity contribution in [3.05, 3.63) is 41.3 Å². The van der Waals surface area contributed by atoms with E-state index in [0.717, 1.165) is 59.0 Å². The molecule has 0 spiro atoms. The van der Waals surface area contributed by atoms with Gasteiger partial charge in [0.15, 0.2) is 0 Å². The summed E-state index contributed by atoms with van der Waals surface area (Å²) in [5, 5.41) is 7.59. The lowest BCUT2D eigenvalue weighted by atomic mass is 10.3. The molecule has 1 aliphatic heterocycles. The summed E-state index contributed by atoms with van der Waals surface area (Å²) in [6, 6.07) is 5.96. The first-order valence-corrected chi connectivity index (χ1v) is 9.47. The second kappa shape index (κ2) is 7.35. The summed E-state index contributed by atoms with van der Waals surface area (Å²) in [6.07, 6.45) is 3.66. The quantitative estimate of drug-likeness (QED) is 0.734. The predicted octanol–water partition coefficient (Wildman–Crippen LogP) is 2.77. The van der Waals surface area contributed by atoms with Crippen LogP contribution in [0.4, 0.5) is 17.5 Å². The van der Waals surface area contributed by atoms with Crippen molar-refractivity contribution in [2.24, 2.45) is 0 Å². The molecule has 3 aromatic rings. The van der Waals surface area contributed by atoms with Crippen molar-refractivity contribution in [1.82, 2.24) is 25.3 Å². The first-order chi connectivity index (χ1) is 12.7. The van der Waals surface area contributed by atoms with Gasteiger partial charge in [-0.1, -0.05) is 0 Å². The SMILES string of the molecule is Cc1nc(C)c(-c2ccnc(Nc3ccc(N4CCNCC4)cn3)n2)s1. The van der Waals surface area contributed by atoms with Gasteiger partial charge in [-0.25, -0.2) is 19.9 Å². The highest BCUT2D eigenvalue weighted by atomic mass is 32.1. The van der Waals surface area contributed by atoms with Crippen molar-refractivity contribution in [3.8, 4) is 10.6 Å². The maximum absolute atomic E-state index is 4.61. The Kier molecular flexibility index (Phi) is 4.77. The molecule has 0 unspecified atom stereocenters. The Labute approximate surface area is 156 Å². The van der Waals surface area contributed by atoms with Gasteiger partial charge in [-0.05, 0) is 32.0 Å². The third-order valence-electron chi connectivity index (χ3n) is 4.26. The Morgan fingerprint density at radius 2 is 1.92 bits per heavy atom. The van der Waals surface area contributed by atoms with Crippen LogP contribution in [0.1, 0.15) is 10.7 Å². The van der Waals surface area contributed by atoms with E-state index in [9.17, 15) is 0 Å². The second-order valence-electron chi connectivity index (χ2n) is 6.18. The highest BCUT2D eigenvalue weighted by Crippen LogP contribution is 2.28. The van der Waals surface area contributed by atoms with Gasteiger partial charge < -0.3 is 15.5 Å². The molecule has 0 amide bonds. The first kappa shape index (κ1) is 16.9. The normalized spacial score (nSPS) is 14.5. The largest absolute Gasteiger partial charge is 0.368 e. The van der Waals surface area contributed by atoms with E-state index in [1.54, 1.807) is 17.5 Å². The number of nitrogens with one attached hydrogen (secondary N) is 2. The van der Waals surface area contributed by atoms with Gasteiger partial charge in [0.25, 0.3) is 0 Å². The van der Waals surface area contributed by atoms with Crippen LogP contribution in [0.25, 0.3) is 10.6 Å².